The Morgan fingerprint density at radius 3 is 2.39 bits per heavy atom. The van der Waals surface area contributed by atoms with Crippen molar-refractivity contribution in [3.63, 3.8) is 0 Å². The van der Waals surface area contributed by atoms with Crippen molar-refractivity contribution in [2.45, 2.75) is 31.6 Å². The number of hydrogen-bond acceptors (Lipinski definition) is 6. The largest absolute Gasteiger partial charge is 0.494 e. The van der Waals surface area contributed by atoms with Gasteiger partial charge in [-0.05, 0) is 62.1 Å². The lowest BCUT2D eigenvalue weighted by Crippen LogP contribution is -2.46. The van der Waals surface area contributed by atoms with E-state index in [-0.39, 0.29) is 17.3 Å². The highest BCUT2D eigenvalue weighted by Crippen LogP contribution is 2.33. The minimum atomic E-state index is -4.07. The molecule has 0 saturated carbocycles. The molecule has 2 aromatic rings. The number of amides is 1. The molecule has 33 heavy (non-hydrogen) atoms. The lowest BCUT2D eigenvalue weighted by atomic mass is 10.0. The molecule has 0 spiro atoms. The van der Waals surface area contributed by atoms with Gasteiger partial charge in [-0.15, -0.1) is 0 Å². The van der Waals surface area contributed by atoms with E-state index in [0.29, 0.717) is 48.6 Å². The van der Waals surface area contributed by atoms with Crippen LogP contribution in [-0.2, 0) is 14.8 Å². The molecule has 9 heteroatoms. The molecule has 0 aliphatic carbocycles. The smallest absolute Gasteiger partial charge is 0.264 e. The van der Waals surface area contributed by atoms with Crippen LogP contribution in [0.3, 0.4) is 0 Å². The number of rotatable bonds is 9. The van der Waals surface area contributed by atoms with E-state index in [2.05, 4.69) is 6.92 Å². The van der Waals surface area contributed by atoms with Crippen LogP contribution < -0.4 is 18.5 Å². The van der Waals surface area contributed by atoms with E-state index in [1.807, 2.05) is 6.92 Å². The average Bonchev–Trinajstić information content (AvgIpc) is 2.82. The fraction of sp³-hybridized carbons (Fsp3) is 0.458. The first-order valence-corrected chi connectivity index (χ1v) is 12.5. The third-order valence-corrected chi connectivity index (χ3v) is 7.44. The number of methoxy groups -OCH3 is 2. The molecule has 1 saturated heterocycles. The highest BCUT2D eigenvalue weighted by molar-refractivity contribution is 7.92. The number of anilines is 1. The van der Waals surface area contributed by atoms with Crippen LogP contribution in [0.15, 0.2) is 47.4 Å². The first kappa shape index (κ1) is 24.7. The lowest BCUT2D eigenvalue weighted by Gasteiger charge is -2.33. The molecule has 1 aliphatic heterocycles. The molecule has 3 rings (SSSR count). The summed E-state index contributed by atoms with van der Waals surface area (Å²) in [4.78, 5) is 14.9. The summed E-state index contributed by atoms with van der Waals surface area (Å²) in [6.07, 6.45) is 1.98. The summed E-state index contributed by atoms with van der Waals surface area (Å²) >= 11 is 0. The van der Waals surface area contributed by atoms with Gasteiger partial charge in [0.25, 0.3) is 10.0 Å². The van der Waals surface area contributed by atoms with Gasteiger partial charge in [-0.3, -0.25) is 9.10 Å². The van der Waals surface area contributed by atoms with E-state index in [1.54, 1.807) is 29.2 Å². The van der Waals surface area contributed by atoms with Crippen molar-refractivity contribution in [3.05, 3.63) is 42.5 Å². The number of nitrogens with zero attached hydrogens (tertiary/aromatic N) is 2. The van der Waals surface area contributed by atoms with Gasteiger partial charge in [-0.2, -0.15) is 0 Å². The first-order valence-electron chi connectivity index (χ1n) is 11.1. The summed E-state index contributed by atoms with van der Waals surface area (Å²) < 4.78 is 44.6. The van der Waals surface area contributed by atoms with Crippen molar-refractivity contribution in [3.8, 4) is 17.2 Å². The minimum Gasteiger partial charge on any atom is -0.494 e. The van der Waals surface area contributed by atoms with Crippen molar-refractivity contribution < 1.29 is 27.4 Å². The summed E-state index contributed by atoms with van der Waals surface area (Å²) in [5.41, 5.74) is 0.381. The molecule has 1 unspecified atom stereocenters. The van der Waals surface area contributed by atoms with Gasteiger partial charge in [0.1, 0.15) is 12.3 Å². The number of carbonyl (C=O) groups excluding carboxylic acids is 1. The Bertz CT molecular complexity index is 1060. The second-order valence-electron chi connectivity index (χ2n) is 8.04. The number of sulfonamides is 1. The number of carbonyl (C=O) groups is 1. The second kappa shape index (κ2) is 10.8. The summed E-state index contributed by atoms with van der Waals surface area (Å²) in [5.74, 6) is 1.51. The number of hydrogen-bond donors (Lipinski definition) is 0. The van der Waals surface area contributed by atoms with Gasteiger partial charge in [0.2, 0.25) is 5.91 Å². The van der Waals surface area contributed by atoms with Crippen molar-refractivity contribution in [1.82, 2.24) is 4.90 Å². The third kappa shape index (κ3) is 5.71. The van der Waals surface area contributed by atoms with Crippen molar-refractivity contribution in [2.24, 2.45) is 5.92 Å². The van der Waals surface area contributed by atoms with E-state index < -0.39 is 10.0 Å². The fourth-order valence-corrected chi connectivity index (χ4v) is 5.36. The highest BCUT2D eigenvalue weighted by Gasteiger charge is 2.31. The Hall–Kier alpha value is -2.94. The van der Waals surface area contributed by atoms with Crippen LogP contribution in [0, 0.1) is 5.92 Å². The van der Waals surface area contributed by atoms with Crippen LogP contribution in [-0.4, -0.2) is 59.7 Å². The highest BCUT2D eigenvalue weighted by atomic mass is 32.2. The minimum absolute atomic E-state index is 0.00819. The molecular formula is C24H32N2O6S. The van der Waals surface area contributed by atoms with Gasteiger partial charge in [0.05, 0.1) is 31.4 Å². The number of piperidine rings is 1. The van der Waals surface area contributed by atoms with Crippen LogP contribution in [0.2, 0.25) is 0 Å². The molecule has 1 fully saturated rings. The van der Waals surface area contributed by atoms with E-state index in [4.69, 9.17) is 14.2 Å². The molecular weight excluding hydrogens is 444 g/mol. The normalized spacial score (nSPS) is 16.2. The van der Waals surface area contributed by atoms with E-state index in [0.717, 1.165) is 17.1 Å². The number of benzene rings is 2. The maximum Gasteiger partial charge on any atom is 0.264 e. The van der Waals surface area contributed by atoms with Crippen LogP contribution in [0.5, 0.6) is 17.2 Å². The Balaban J connectivity index is 1.99. The fourth-order valence-electron chi connectivity index (χ4n) is 3.93. The molecule has 1 amide bonds. The van der Waals surface area contributed by atoms with Crippen LogP contribution in [0.4, 0.5) is 5.69 Å². The molecule has 0 aromatic heterocycles. The van der Waals surface area contributed by atoms with Gasteiger partial charge >= 0.3 is 0 Å². The monoisotopic (exact) mass is 476 g/mol. The van der Waals surface area contributed by atoms with Gasteiger partial charge in [0.15, 0.2) is 11.5 Å². The molecule has 0 radical (unpaired) electrons. The van der Waals surface area contributed by atoms with Crippen molar-refractivity contribution >= 4 is 21.6 Å². The topological polar surface area (TPSA) is 85.4 Å². The molecule has 180 valence electrons. The Morgan fingerprint density at radius 1 is 1.09 bits per heavy atom. The first-order chi connectivity index (χ1) is 15.8. The van der Waals surface area contributed by atoms with E-state index in [9.17, 15) is 13.2 Å². The van der Waals surface area contributed by atoms with Gasteiger partial charge in [0, 0.05) is 19.2 Å². The number of ether oxygens (including phenoxy) is 3. The second-order valence-corrected chi connectivity index (χ2v) is 9.90. The SMILES string of the molecule is CCOc1ccc(N(CC(=O)N2CCCC(C)C2)S(=O)(=O)c2ccc(OC)c(OC)c2)cc1. The van der Waals surface area contributed by atoms with E-state index in [1.165, 1.54) is 32.4 Å². The average molecular weight is 477 g/mol. The van der Waals surface area contributed by atoms with Gasteiger partial charge in [-0.25, -0.2) is 8.42 Å². The maximum absolute atomic E-state index is 13.7. The summed E-state index contributed by atoms with van der Waals surface area (Å²) in [6, 6.07) is 11.1. The summed E-state index contributed by atoms with van der Waals surface area (Å²) in [5, 5.41) is 0. The molecule has 1 aliphatic rings. The van der Waals surface area contributed by atoms with Crippen LogP contribution in [0.25, 0.3) is 0 Å². The molecule has 1 heterocycles. The van der Waals surface area contributed by atoms with Crippen molar-refractivity contribution in [2.75, 3.05) is 44.8 Å². The zero-order valence-electron chi connectivity index (χ0n) is 19.6. The maximum atomic E-state index is 13.7. The Morgan fingerprint density at radius 2 is 1.79 bits per heavy atom. The molecule has 2 aromatic carbocycles. The Labute approximate surface area is 196 Å². The summed E-state index contributed by atoms with van der Waals surface area (Å²) in [7, 11) is -1.15. The quantitative estimate of drug-likeness (QED) is 0.550. The standard InChI is InChI=1S/C24H32N2O6S/c1-5-32-20-10-8-19(9-11-20)26(17-24(27)25-14-6-7-18(2)16-25)33(28,29)21-12-13-22(30-3)23(15-21)31-4/h8-13,15,18H,5-7,14,16-17H2,1-4H3. The predicted molar refractivity (Wildman–Crippen MR) is 127 cm³/mol. The van der Waals surface area contributed by atoms with Crippen LogP contribution >= 0.6 is 0 Å². The van der Waals surface area contributed by atoms with E-state index >= 15 is 0 Å². The third-order valence-electron chi connectivity index (χ3n) is 5.67. The van der Waals surface area contributed by atoms with Crippen molar-refractivity contribution in [1.29, 1.82) is 0 Å². The number of likely N-dealkylation sites (tertiary alicyclic amines) is 1. The Kier molecular flexibility index (Phi) is 8.07. The summed E-state index contributed by atoms with van der Waals surface area (Å²) in [6.45, 7) is 5.45. The molecule has 1 atom stereocenters. The molecule has 8 nitrogen and oxygen atoms in total. The molecule has 0 bridgehead atoms. The lowest BCUT2D eigenvalue weighted by molar-refractivity contribution is -0.131. The molecule has 0 N–H and O–H groups in total. The van der Waals surface area contributed by atoms with Gasteiger partial charge < -0.3 is 19.1 Å². The van der Waals surface area contributed by atoms with Gasteiger partial charge in [-0.1, -0.05) is 6.92 Å². The zero-order chi connectivity index (χ0) is 24.0. The predicted octanol–water partition coefficient (Wildman–Crippen LogP) is 3.56. The van der Waals surface area contributed by atoms with Crippen LogP contribution in [0.1, 0.15) is 26.7 Å². The zero-order valence-corrected chi connectivity index (χ0v) is 20.4.